The Hall–Kier alpha value is -1.12. The van der Waals surface area contributed by atoms with Gasteiger partial charge in [0.15, 0.2) is 13.8 Å². The number of nitrogens with one attached hydrogen (secondary N) is 1. The second-order valence-electron chi connectivity index (χ2n) is 8.27. The van der Waals surface area contributed by atoms with Gasteiger partial charge in [0.05, 0.1) is 18.4 Å². The zero-order valence-corrected chi connectivity index (χ0v) is 20.5. The van der Waals surface area contributed by atoms with Crippen molar-refractivity contribution in [2.75, 3.05) is 6.61 Å². The number of ether oxygens (including phenoxy) is 1. The predicted octanol–water partition coefficient (Wildman–Crippen LogP) is 5.89. The van der Waals surface area contributed by atoms with Crippen LogP contribution < -0.4 is 0 Å². The van der Waals surface area contributed by atoms with Gasteiger partial charge in [-0.2, -0.15) is 0 Å². The van der Waals surface area contributed by atoms with E-state index in [4.69, 9.17) is 33.6 Å². The smallest absolute Gasteiger partial charge is 0.180 e. The Bertz CT molecular complexity index is 886. The van der Waals surface area contributed by atoms with Crippen LogP contribution in [0, 0.1) is 14.8 Å². The first-order valence-electron chi connectivity index (χ1n) is 9.79. The van der Waals surface area contributed by atoms with Crippen LogP contribution >= 0.6 is 24.4 Å². The average molecular weight is 437 g/mol. The van der Waals surface area contributed by atoms with Crippen LogP contribution in [0.15, 0.2) is 30.3 Å². The predicted molar refractivity (Wildman–Crippen MR) is 124 cm³/mol. The van der Waals surface area contributed by atoms with Crippen molar-refractivity contribution in [3.63, 3.8) is 0 Å². The van der Waals surface area contributed by atoms with Crippen molar-refractivity contribution >= 4 is 33.5 Å². The fourth-order valence-electron chi connectivity index (χ4n) is 3.06. The van der Waals surface area contributed by atoms with E-state index in [-0.39, 0.29) is 11.5 Å². The molecule has 2 aromatic rings. The van der Waals surface area contributed by atoms with Crippen molar-refractivity contribution in [1.29, 1.82) is 0 Å². The summed E-state index contributed by atoms with van der Waals surface area (Å²) < 4.78 is 15.6. The first kappa shape index (κ1) is 23.2. The molecule has 0 saturated heterocycles. The number of H-pyrrole nitrogens is 1. The lowest BCUT2D eigenvalue weighted by molar-refractivity contribution is -0.0284. The SMILES string of the molecule is CCc1c(-c2ccccc2)n(COCC(O[SiH](C)C)C(C)(C)C)c(=S)[nH]c1=S. The number of benzene rings is 1. The summed E-state index contributed by atoms with van der Waals surface area (Å²) in [5, 5.41) is 0. The Morgan fingerprint density at radius 2 is 1.79 bits per heavy atom. The lowest BCUT2D eigenvalue weighted by Gasteiger charge is -2.32. The molecule has 0 aliphatic rings. The molecule has 154 valence electrons. The largest absolute Gasteiger partial charge is 0.415 e. The molecule has 0 saturated carbocycles. The number of hydrogen-bond donors (Lipinski definition) is 1. The summed E-state index contributed by atoms with van der Waals surface area (Å²) in [5.41, 5.74) is 3.22. The highest BCUT2D eigenvalue weighted by Gasteiger charge is 2.26. The van der Waals surface area contributed by atoms with E-state index in [2.05, 4.69) is 57.9 Å². The van der Waals surface area contributed by atoms with Crippen molar-refractivity contribution in [2.45, 2.75) is 60.0 Å². The van der Waals surface area contributed by atoms with Gasteiger partial charge in [-0.1, -0.05) is 70.2 Å². The summed E-state index contributed by atoms with van der Waals surface area (Å²) in [5.74, 6) is 0. The lowest BCUT2D eigenvalue weighted by Crippen LogP contribution is -2.37. The molecule has 1 unspecified atom stereocenters. The maximum Gasteiger partial charge on any atom is 0.180 e. The van der Waals surface area contributed by atoms with E-state index in [0.29, 0.717) is 22.7 Å². The number of hydrogen-bond acceptors (Lipinski definition) is 4. The first-order chi connectivity index (χ1) is 13.1. The minimum Gasteiger partial charge on any atom is -0.415 e. The van der Waals surface area contributed by atoms with Gasteiger partial charge in [0.2, 0.25) is 0 Å². The molecular formula is C21H32N2O2S2Si. The molecular weight excluding hydrogens is 404 g/mol. The fraction of sp³-hybridized carbons (Fsp3) is 0.524. The van der Waals surface area contributed by atoms with Crippen molar-refractivity contribution in [1.82, 2.24) is 9.55 Å². The normalized spacial score (nSPS) is 13.1. The molecule has 2 rings (SSSR count). The molecule has 1 heterocycles. The summed E-state index contributed by atoms with van der Waals surface area (Å²) in [6, 6.07) is 10.2. The van der Waals surface area contributed by atoms with Gasteiger partial charge in [-0.15, -0.1) is 0 Å². The highest BCUT2D eigenvalue weighted by Crippen LogP contribution is 2.26. The molecule has 28 heavy (non-hydrogen) atoms. The molecule has 0 aliphatic heterocycles. The number of rotatable bonds is 8. The van der Waals surface area contributed by atoms with Crippen LogP contribution in [0.25, 0.3) is 11.3 Å². The second-order valence-corrected chi connectivity index (χ2v) is 11.4. The van der Waals surface area contributed by atoms with Gasteiger partial charge < -0.3 is 14.1 Å². The van der Waals surface area contributed by atoms with Gasteiger partial charge >= 0.3 is 0 Å². The van der Waals surface area contributed by atoms with E-state index in [1.54, 1.807) is 0 Å². The van der Waals surface area contributed by atoms with Crippen LogP contribution in [0.3, 0.4) is 0 Å². The van der Waals surface area contributed by atoms with Crippen molar-refractivity contribution < 1.29 is 9.16 Å². The average Bonchev–Trinajstić information content (AvgIpc) is 2.61. The molecule has 0 spiro atoms. The van der Waals surface area contributed by atoms with E-state index in [9.17, 15) is 0 Å². The molecule has 4 nitrogen and oxygen atoms in total. The number of nitrogens with zero attached hydrogens (tertiary/aromatic N) is 1. The highest BCUT2D eigenvalue weighted by molar-refractivity contribution is 7.72. The molecule has 0 amide bonds. The van der Waals surface area contributed by atoms with Crippen LogP contribution in [0.1, 0.15) is 33.3 Å². The molecule has 1 aromatic carbocycles. The maximum atomic E-state index is 6.22. The Morgan fingerprint density at radius 1 is 1.14 bits per heavy atom. The second kappa shape index (κ2) is 10.1. The molecule has 0 aliphatic carbocycles. The summed E-state index contributed by atoms with van der Waals surface area (Å²) >= 11 is 11.1. The van der Waals surface area contributed by atoms with E-state index in [1.165, 1.54) is 0 Å². The highest BCUT2D eigenvalue weighted by atomic mass is 32.1. The molecule has 0 fully saturated rings. The Labute approximate surface area is 180 Å². The summed E-state index contributed by atoms with van der Waals surface area (Å²) in [6.45, 7) is 13.9. The topological polar surface area (TPSA) is 39.2 Å². The van der Waals surface area contributed by atoms with Crippen LogP contribution in [0.5, 0.6) is 0 Å². The van der Waals surface area contributed by atoms with Crippen molar-refractivity contribution in [2.24, 2.45) is 5.41 Å². The number of aromatic nitrogens is 2. The number of aromatic amines is 1. The van der Waals surface area contributed by atoms with Gasteiger partial charge in [-0.05, 0) is 42.7 Å². The van der Waals surface area contributed by atoms with Gasteiger partial charge in [-0.3, -0.25) is 4.57 Å². The van der Waals surface area contributed by atoms with Crippen molar-refractivity contribution in [3.05, 3.63) is 45.3 Å². The van der Waals surface area contributed by atoms with Gasteiger partial charge in [0.1, 0.15) is 11.4 Å². The molecule has 7 heteroatoms. The third kappa shape index (κ3) is 5.94. The van der Waals surface area contributed by atoms with Crippen molar-refractivity contribution in [3.8, 4) is 11.3 Å². The monoisotopic (exact) mass is 436 g/mol. The van der Waals surface area contributed by atoms with Crippen LogP contribution in [-0.4, -0.2) is 31.3 Å². The summed E-state index contributed by atoms with van der Waals surface area (Å²) in [7, 11) is -1.16. The van der Waals surface area contributed by atoms with Gasteiger partial charge in [0.25, 0.3) is 0 Å². The quantitative estimate of drug-likeness (QED) is 0.413. The molecule has 0 bridgehead atoms. The third-order valence-electron chi connectivity index (χ3n) is 4.59. The summed E-state index contributed by atoms with van der Waals surface area (Å²) in [6.07, 6.45) is 0.878. The lowest BCUT2D eigenvalue weighted by atomic mass is 9.90. The minimum atomic E-state index is -1.16. The van der Waals surface area contributed by atoms with Gasteiger partial charge in [0, 0.05) is 5.56 Å². The molecule has 1 aromatic heterocycles. The van der Waals surface area contributed by atoms with E-state index in [1.807, 2.05) is 22.8 Å². The van der Waals surface area contributed by atoms with Gasteiger partial charge in [-0.25, -0.2) is 0 Å². The van der Waals surface area contributed by atoms with E-state index < -0.39 is 9.04 Å². The van der Waals surface area contributed by atoms with E-state index in [0.717, 1.165) is 23.2 Å². The Kier molecular flexibility index (Phi) is 8.33. The minimum absolute atomic E-state index is 0.0200. The third-order valence-corrected chi connectivity index (χ3v) is 6.13. The molecule has 1 atom stereocenters. The molecule has 1 N–H and O–H groups in total. The zero-order chi connectivity index (χ0) is 20.9. The fourth-order valence-corrected chi connectivity index (χ4v) is 4.85. The van der Waals surface area contributed by atoms with E-state index >= 15 is 0 Å². The Balaban J connectivity index is 2.35. The summed E-state index contributed by atoms with van der Waals surface area (Å²) in [4.78, 5) is 3.16. The van der Waals surface area contributed by atoms with Crippen LogP contribution in [0.4, 0.5) is 0 Å². The maximum absolute atomic E-state index is 6.22. The van der Waals surface area contributed by atoms with Crippen LogP contribution in [-0.2, 0) is 22.3 Å². The Morgan fingerprint density at radius 3 is 2.32 bits per heavy atom. The first-order valence-corrected chi connectivity index (χ1v) is 13.4. The molecule has 0 radical (unpaired) electrons. The zero-order valence-electron chi connectivity index (χ0n) is 17.7. The standard InChI is InChI=1S/C21H32N2O2S2Si/c1-7-16-18(15-11-9-8-10-12-15)23(20(27)22-19(16)26)14-24-13-17(21(2,3)4)25-28(5)6/h8-12,17,28H,7,13-14H2,1-6H3,(H,22,26,27). The van der Waals surface area contributed by atoms with Crippen LogP contribution in [0.2, 0.25) is 13.1 Å².